The SMILES string of the molecule is CC(C)NC1CCN(C(=O)O)CC1. The Bertz CT molecular complexity index is 174. The molecule has 1 rings (SSSR count). The third kappa shape index (κ3) is 3.22. The van der Waals surface area contributed by atoms with Gasteiger partial charge in [-0.25, -0.2) is 4.79 Å². The third-order valence-electron chi connectivity index (χ3n) is 2.33. The van der Waals surface area contributed by atoms with Gasteiger partial charge in [0, 0.05) is 25.2 Å². The van der Waals surface area contributed by atoms with E-state index in [1.165, 1.54) is 4.90 Å². The Morgan fingerprint density at radius 3 is 2.38 bits per heavy atom. The van der Waals surface area contributed by atoms with Crippen LogP contribution in [0.25, 0.3) is 0 Å². The molecule has 2 N–H and O–H groups in total. The zero-order valence-corrected chi connectivity index (χ0v) is 8.29. The standard InChI is InChI=1S/C9H18N2O2/c1-7(2)10-8-3-5-11(6-4-8)9(12)13/h7-8,10H,3-6H2,1-2H3,(H,12,13). The molecule has 4 nitrogen and oxygen atoms in total. The molecule has 0 unspecified atom stereocenters. The normalized spacial score (nSPS) is 19.5. The lowest BCUT2D eigenvalue weighted by atomic mass is 10.0. The number of hydrogen-bond acceptors (Lipinski definition) is 2. The molecule has 0 aliphatic carbocycles. The molecule has 0 spiro atoms. The first-order valence-corrected chi connectivity index (χ1v) is 4.83. The van der Waals surface area contributed by atoms with Gasteiger partial charge in [0.15, 0.2) is 0 Å². The van der Waals surface area contributed by atoms with Gasteiger partial charge in [-0.1, -0.05) is 13.8 Å². The highest BCUT2D eigenvalue weighted by atomic mass is 16.4. The number of likely N-dealkylation sites (tertiary alicyclic amines) is 1. The lowest BCUT2D eigenvalue weighted by Crippen LogP contribution is -2.46. The van der Waals surface area contributed by atoms with Gasteiger partial charge in [-0.05, 0) is 12.8 Å². The number of amides is 1. The van der Waals surface area contributed by atoms with Crippen LogP contribution in [-0.4, -0.2) is 41.3 Å². The molecule has 4 heteroatoms. The van der Waals surface area contributed by atoms with E-state index in [4.69, 9.17) is 5.11 Å². The fourth-order valence-corrected chi connectivity index (χ4v) is 1.71. The highest BCUT2D eigenvalue weighted by molar-refractivity contribution is 5.65. The molecule has 1 aliphatic heterocycles. The molecule has 0 aromatic rings. The molecule has 1 aliphatic rings. The average molecular weight is 186 g/mol. The number of carboxylic acid groups (broad SMARTS) is 1. The quantitative estimate of drug-likeness (QED) is 0.679. The summed E-state index contributed by atoms with van der Waals surface area (Å²) in [5, 5.41) is 12.1. The Labute approximate surface area is 78.9 Å². The van der Waals surface area contributed by atoms with Crippen LogP contribution in [0, 0.1) is 0 Å². The minimum Gasteiger partial charge on any atom is -0.465 e. The molecule has 0 aromatic carbocycles. The van der Waals surface area contributed by atoms with E-state index < -0.39 is 6.09 Å². The van der Waals surface area contributed by atoms with E-state index in [2.05, 4.69) is 19.2 Å². The number of nitrogens with one attached hydrogen (secondary N) is 1. The molecule has 0 atom stereocenters. The van der Waals surface area contributed by atoms with Gasteiger partial charge in [0.05, 0.1) is 0 Å². The van der Waals surface area contributed by atoms with E-state index >= 15 is 0 Å². The van der Waals surface area contributed by atoms with E-state index in [0.717, 1.165) is 12.8 Å². The van der Waals surface area contributed by atoms with Gasteiger partial charge < -0.3 is 15.3 Å². The molecule has 13 heavy (non-hydrogen) atoms. The molecule has 1 fully saturated rings. The van der Waals surface area contributed by atoms with Crippen LogP contribution in [0.5, 0.6) is 0 Å². The van der Waals surface area contributed by atoms with Crippen LogP contribution in [0.2, 0.25) is 0 Å². The van der Waals surface area contributed by atoms with Crippen molar-refractivity contribution >= 4 is 6.09 Å². The fraction of sp³-hybridized carbons (Fsp3) is 0.889. The van der Waals surface area contributed by atoms with Crippen molar-refractivity contribution in [1.29, 1.82) is 0 Å². The smallest absolute Gasteiger partial charge is 0.407 e. The van der Waals surface area contributed by atoms with Crippen molar-refractivity contribution in [2.24, 2.45) is 0 Å². The number of rotatable bonds is 2. The van der Waals surface area contributed by atoms with Crippen LogP contribution in [0.15, 0.2) is 0 Å². The molecule has 76 valence electrons. The lowest BCUT2D eigenvalue weighted by molar-refractivity contribution is 0.128. The van der Waals surface area contributed by atoms with Gasteiger partial charge in [0.2, 0.25) is 0 Å². The zero-order valence-electron chi connectivity index (χ0n) is 8.29. The number of nitrogens with zero attached hydrogens (tertiary/aromatic N) is 1. The van der Waals surface area contributed by atoms with Crippen molar-refractivity contribution in [1.82, 2.24) is 10.2 Å². The first kappa shape index (κ1) is 10.3. The number of carbonyl (C=O) groups is 1. The summed E-state index contributed by atoms with van der Waals surface area (Å²) >= 11 is 0. The Hall–Kier alpha value is -0.770. The van der Waals surface area contributed by atoms with E-state index in [0.29, 0.717) is 25.2 Å². The average Bonchev–Trinajstić information content (AvgIpc) is 2.04. The van der Waals surface area contributed by atoms with Crippen molar-refractivity contribution < 1.29 is 9.90 Å². The zero-order chi connectivity index (χ0) is 9.84. The maximum absolute atomic E-state index is 10.6. The molecule has 0 aromatic heterocycles. The second kappa shape index (κ2) is 4.46. The van der Waals surface area contributed by atoms with Crippen molar-refractivity contribution in [3.63, 3.8) is 0 Å². The van der Waals surface area contributed by atoms with E-state index in [1.54, 1.807) is 0 Å². The highest BCUT2D eigenvalue weighted by Gasteiger charge is 2.21. The summed E-state index contributed by atoms with van der Waals surface area (Å²) in [6, 6.07) is 0.983. The van der Waals surface area contributed by atoms with Gasteiger partial charge in [-0.2, -0.15) is 0 Å². The Morgan fingerprint density at radius 1 is 1.46 bits per heavy atom. The Balaban J connectivity index is 2.26. The predicted molar refractivity (Wildman–Crippen MR) is 50.9 cm³/mol. The summed E-state index contributed by atoms with van der Waals surface area (Å²) < 4.78 is 0. The molecular formula is C9H18N2O2. The van der Waals surface area contributed by atoms with Crippen LogP contribution in [0.1, 0.15) is 26.7 Å². The summed E-state index contributed by atoms with van der Waals surface area (Å²) in [4.78, 5) is 12.1. The lowest BCUT2D eigenvalue weighted by Gasteiger charge is -2.31. The van der Waals surface area contributed by atoms with Crippen LogP contribution in [0.4, 0.5) is 4.79 Å². The van der Waals surface area contributed by atoms with E-state index in [9.17, 15) is 4.79 Å². The predicted octanol–water partition coefficient (Wildman–Crippen LogP) is 1.13. The molecule has 1 heterocycles. The molecule has 0 radical (unpaired) electrons. The minimum absolute atomic E-state index is 0.487. The molecule has 1 amide bonds. The molecule has 0 bridgehead atoms. The maximum atomic E-state index is 10.6. The van der Waals surface area contributed by atoms with E-state index in [-0.39, 0.29) is 0 Å². The van der Waals surface area contributed by atoms with Crippen molar-refractivity contribution in [3.05, 3.63) is 0 Å². The summed E-state index contributed by atoms with van der Waals surface area (Å²) in [6.07, 6.45) is 1.08. The fourth-order valence-electron chi connectivity index (χ4n) is 1.71. The number of piperidine rings is 1. The van der Waals surface area contributed by atoms with Gasteiger partial charge in [-0.3, -0.25) is 0 Å². The van der Waals surface area contributed by atoms with Crippen LogP contribution in [-0.2, 0) is 0 Å². The van der Waals surface area contributed by atoms with Crippen molar-refractivity contribution in [2.75, 3.05) is 13.1 Å². The third-order valence-corrected chi connectivity index (χ3v) is 2.33. The van der Waals surface area contributed by atoms with Crippen LogP contribution < -0.4 is 5.32 Å². The first-order chi connectivity index (χ1) is 6.09. The topological polar surface area (TPSA) is 52.6 Å². The van der Waals surface area contributed by atoms with Crippen LogP contribution in [0.3, 0.4) is 0 Å². The second-order valence-corrected chi connectivity index (χ2v) is 3.87. The van der Waals surface area contributed by atoms with Gasteiger partial charge in [0.1, 0.15) is 0 Å². The van der Waals surface area contributed by atoms with Crippen LogP contribution >= 0.6 is 0 Å². The van der Waals surface area contributed by atoms with Gasteiger partial charge in [0.25, 0.3) is 0 Å². The monoisotopic (exact) mass is 186 g/mol. The van der Waals surface area contributed by atoms with Gasteiger partial charge in [-0.15, -0.1) is 0 Å². The summed E-state index contributed by atoms with van der Waals surface area (Å²) in [6.45, 7) is 5.56. The molecular weight excluding hydrogens is 168 g/mol. The Morgan fingerprint density at radius 2 is 2.00 bits per heavy atom. The largest absolute Gasteiger partial charge is 0.465 e. The molecule has 1 saturated heterocycles. The summed E-state index contributed by atoms with van der Waals surface area (Å²) in [7, 11) is 0. The first-order valence-electron chi connectivity index (χ1n) is 4.83. The maximum Gasteiger partial charge on any atom is 0.407 e. The highest BCUT2D eigenvalue weighted by Crippen LogP contribution is 2.10. The van der Waals surface area contributed by atoms with E-state index in [1.807, 2.05) is 0 Å². The van der Waals surface area contributed by atoms with Crippen molar-refractivity contribution in [3.8, 4) is 0 Å². The minimum atomic E-state index is -0.789. The Kier molecular flexibility index (Phi) is 3.54. The summed E-state index contributed by atoms with van der Waals surface area (Å²) in [5.41, 5.74) is 0. The van der Waals surface area contributed by atoms with Crippen molar-refractivity contribution in [2.45, 2.75) is 38.8 Å². The molecule has 0 saturated carbocycles. The number of hydrogen-bond donors (Lipinski definition) is 2. The van der Waals surface area contributed by atoms with Gasteiger partial charge >= 0.3 is 6.09 Å². The second-order valence-electron chi connectivity index (χ2n) is 3.87. The summed E-state index contributed by atoms with van der Waals surface area (Å²) in [5.74, 6) is 0.